The minimum Gasteiger partial charge on any atom is -0.493 e. The summed E-state index contributed by atoms with van der Waals surface area (Å²) in [4.78, 5) is 14.6. The molecule has 0 unspecified atom stereocenters. The number of benzene rings is 1. The van der Waals surface area contributed by atoms with Gasteiger partial charge in [-0.05, 0) is 60.6 Å². The smallest absolute Gasteiger partial charge is 0.228 e. The van der Waals surface area contributed by atoms with Gasteiger partial charge in [-0.3, -0.25) is 4.90 Å². The van der Waals surface area contributed by atoms with Gasteiger partial charge < -0.3 is 18.8 Å². The summed E-state index contributed by atoms with van der Waals surface area (Å²) in [5, 5.41) is 4.84. The second-order valence-electron chi connectivity index (χ2n) is 9.84. The molecule has 9 heteroatoms. The molecule has 4 aromatic rings. The van der Waals surface area contributed by atoms with Crippen LogP contribution in [0.15, 0.2) is 41.1 Å². The van der Waals surface area contributed by atoms with Crippen molar-refractivity contribution in [2.24, 2.45) is 5.92 Å². The molecule has 1 aromatic carbocycles. The summed E-state index contributed by atoms with van der Waals surface area (Å²) >= 11 is 0. The van der Waals surface area contributed by atoms with E-state index in [4.69, 9.17) is 29.0 Å². The van der Waals surface area contributed by atoms with E-state index in [9.17, 15) is 0 Å². The first-order valence-corrected chi connectivity index (χ1v) is 12.6. The molecule has 9 nitrogen and oxygen atoms in total. The highest BCUT2D eigenvalue weighted by molar-refractivity contribution is 5.58. The monoisotopic (exact) mass is 488 g/mol. The third-order valence-electron chi connectivity index (χ3n) is 7.42. The molecule has 2 aliphatic heterocycles. The molecule has 5 heterocycles. The standard InChI is InChI=1S/C27H32N6O3/c1-18-6-10-32(11-7-18)27-28-15-21(26-29-25(30-33(26)27)22-5-4-12-36-22)17-31-9-8-19-13-23(34-2)24(35-3)14-20(19)16-31/h4-5,12-15,18H,6-11,16-17H2,1-3H3. The maximum absolute atomic E-state index is 5.61. The van der Waals surface area contributed by atoms with E-state index in [2.05, 4.69) is 28.9 Å². The fourth-order valence-corrected chi connectivity index (χ4v) is 5.27. The van der Waals surface area contributed by atoms with Gasteiger partial charge in [0.2, 0.25) is 11.8 Å². The lowest BCUT2D eigenvalue weighted by Gasteiger charge is -2.31. The number of aromatic nitrogens is 4. The molecular weight excluding hydrogens is 456 g/mol. The number of hydrogen-bond donors (Lipinski definition) is 0. The number of anilines is 1. The molecule has 0 radical (unpaired) electrons. The van der Waals surface area contributed by atoms with Gasteiger partial charge in [-0.1, -0.05) is 6.92 Å². The lowest BCUT2D eigenvalue weighted by molar-refractivity contribution is 0.244. The van der Waals surface area contributed by atoms with Gasteiger partial charge in [-0.15, -0.1) is 5.10 Å². The molecule has 36 heavy (non-hydrogen) atoms. The summed E-state index contributed by atoms with van der Waals surface area (Å²) in [6.07, 6.45) is 6.90. The zero-order chi connectivity index (χ0) is 24.6. The van der Waals surface area contributed by atoms with Crippen LogP contribution < -0.4 is 14.4 Å². The Balaban J connectivity index is 1.33. The Bertz CT molecular complexity index is 1360. The number of hydrogen-bond acceptors (Lipinski definition) is 8. The van der Waals surface area contributed by atoms with Crippen molar-refractivity contribution in [1.82, 2.24) is 24.5 Å². The van der Waals surface area contributed by atoms with Gasteiger partial charge in [0, 0.05) is 44.5 Å². The van der Waals surface area contributed by atoms with Gasteiger partial charge >= 0.3 is 0 Å². The van der Waals surface area contributed by atoms with Crippen molar-refractivity contribution >= 4 is 11.6 Å². The molecule has 0 saturated carbocycles. The number of fused-ring (bicyclic) bond motifs is 2. The third-order valence-corrected chi connectivity index (χ3v) is 7.42. The lowest BCUT2D eigenvalue weighted by atomic mass is 9.98. The molecule has 188 valence electrons. The van der Waals surface area contributed by atoms with Gasteiger partial charge in [-0.2, -0.15) is 4.52 Å². The Labute approximate surface area is 210 Å². The average Bonchev–Trinajstić information content (AvgIpc) is 3.59. The SMILES string of the molecule is COc1cc2c(cc1OC)CN(Cc1cnc(N3CCC(C)CC3)n3nc(-c4ccco4)nc13)CC2. The van der Waals surface area contributed by atoms with Gasteiger partial charge in [0.25, 0.3) is 0 Å². The number of rotatable bonds is 6. The molecule has 0 aliphatic carbocycles. The maximum Gasteiger partial charge on any atom is 0.228 e. The average molecular weight is 489 g/mol. The van der Waals surface area contributed by atoms with E-state index in [0.717, 1.165) is 86.6 Å². The molecule has 1 fully saturated rings. The van der Waals surface area contributed by atoms with Gasteiger partial charge in [-0.25, -0.2) is 9.97 Å². The summed E-state index contributed by atoms with van der Waals surface area (Å²) in [6, 6.07) is 7.96. The fourth-order valence-electron chi connectivity index (χ4n) is 5.27. The number of ether oxygens (including phenoxy) is 2. The number of furan rings is 1. The van der Waals surface area contributed by atoms with Crippen LogP contribution in [0.3, 0.4) is 0 Å². The second-order valence-corrected chi connectivity index (χ2v) is 9.84. The van der Waals surface area contributed by atoms with Crippen LogP contribution >= 0.6 is 0 Å². The van der Waals surface area contributed by atoms with Crippen LogP contribution in [0.2, 0.25) is 0 Å². The van der Waals surface area contributed by atoms with Crippen molar-refractivity contribution in [3.05, 3.63) is 53.4 Å². The van der Waals surface area contributed by atoms with Gasteiger partial charge in [0.05, 0.1) is 20.5 Å². The molecule has 2 aliphatic rings. The van der Waals surface area contributed by atoms with Crippen LogP contribution in [0.25, 0.3) is 17.2 Å². The topological polar surface area (TPSA) is 81.2 Å². The van der Waals surface area contributed by atoms with E-state index in [1.54, 1.807) is 20.5 Å². The Hall–Kier alpha value is -3.59. The van der Waals surface area contributed by atoms with E-state index in [1.165, 1.54) is 11.1 Å². The predicted molar refractivity (Wildman–Crippen MR) is 136 cm³/mol. The van der Waals surface area contributed by atoms with Crippen molar-refractivity contribution in [3.63, 3.8) is 0 Å². The summed E-state index contributed by atoms with van der Waals surface area (Å²) in [5.74, 6) is 4.39. The first kappa shape index (κ1) is 22.8. The minimum atomic E-state index is 0.585. The van der Waals surface area contributed by atoms with E-state index in [1.807, 2.05) is 22.8 Å². The molecule has 3 aromatic heterocycles. The van der Waals surface area contributed by atoms with Crippen LogP contribution in [-0.4, -0.2) is 58.3 Å². The summed E-state index contributed by atoms with van der Waals surface area (Å²) in [7, 11) is 3.36. The van der Waals surface area contributed by atoms with Crippen LogP contribution in [0, 0.1) is 5.92 Å². The zero-order valence-corrected chi connectivity index (χ0v) is 21.1. The Kier molecular flexibility index (Phi) is 6.00. The largest absolute Gasteiger partial charge is 0.493 e. The third kappa shape index (κ3) is 4.17. The molecule has 0 atom stereocenters. The highest BCUT2D eigenvalue weighted by Crippen LogP contribution is 2.34. The van der Waals surface area contributed by atoms with E-state index < -0.39 is 0 Å². The molecular formula is C27H32N6O3. The second kappa shape index (κ2) is 9.46. The number of piperidine rings is 1. The lowest BCUT2D eigenvalue weighted by Crippen LogP contribution is -2.35. The van der Waals surface area contributed by atoms with Crippen molar-refractivity contribution in [2.75, 3.05) is 38.8 Å². The minimum absolute atomic E-state index is 0.585. The van der Waals surface area contributed by atoms with Crippen LogP contribution in [0.4, 0.5) is 5.95 Å². The van der Waals surface area contributed by atoms with Crippen molar-refractivity contribution in [3.8, 4) is 23.1 Å². The van der Waals surface area contributed by atoms with Crippen LogP contribution in [0.1, 0.15) is 36.5 Å². The summed E-state index contributed by atoms with van der Waals surface area (Å²) in [6.45, 7) is 6.78. The highest BCUT2D eigenvalue weighted by atomic mass is 16.5. The molecule has 6 rings (SSSR count). The maximum atomic E-state index is 5.61. The first-order valence-electron chi connectivity index (χ1n) is 12.6. The fraction of sp³-hybridized carbons (Fsp3) is 0.444. The Morgan fingerprint density at radius 2 is 1.83 bits per heavy atom. The molecule has 0 amide bonds. The number of nitrogens with zero attached hydrogens (tertiary/aromatic N) is 6. The number of methoxy groups -OCH3 is 2. The zero-order valence-electron chi connectivity index (χ0n) is 21.1. The summed E-state index contributed by atoms with van der Waals surface area (Å²) < 4.78 is 18.6. The predicted octanol–water partition coefficient (Wildman–Crippen LogP) is 4.20. The first-order chi connectivity index (χ1) is 17.6. The van der Waals surface area contributed by atoms with E-state index in [-0.39, 0.29) is 0 Å². The van der Waals surface area contributed by atoms with E-state index >= 15 is 0 Å². The normalized spacial score (nSPS) is 16.9. The van der Waals surface area contributed by atoms with Crippen molar-refractivity contribution in [1.29, 1.82) is 0 Å². The van der Waals surface area contributed by atoms with Gasteiger partial charge in [0.1, 0.15) is 0 Å². The van der Waals surface area contributed by atoms with Crippen molar-refractivity contribution < 1.29 is 13.9 Å². The quantitative estimate of drug-likeness (QED) is 0.400. The molecule has 0 bridgehead atoms. The Morgan fingerprint density at radius 1 is 1.06 bits per heavy atom. The van der Waals surface area contributed by atoms with Crippen molar-refractivity contribution in [2.45, 2.75) is 39.3 Å². The highest BCUT2D eigenvalue weighted by Gasteiger charge is 2.25. The Morgan fingerprint density at radius 3 is 2.56 bits per heavy atom. The van der Waals surface area contributed by atoms with Gasteiger partial charge in [0.15, 0.2) is 22.9 Å². The van der Waals surface area contributed by atoms with Crippen LogP contribution in [-0.2, 0) is 19.5 Å². The van der Waals surface area contributed by atoms with Crippen LogP contribution in [0.5, 0.6) is 11.5 Å². The molecule has 0 spiro atoms. The summed E-state index contributed by atoms with van der Waals surface area (Å²) in [5.41, 5.74) is 4.46. The molecule has 0 N–H and O–H groups in total. The van der Waals surface area contributed by atoms with E-state index in [0.29, 0.717) is 11.6 Å². The molecule has 1 saturated heterocycles.